The summed E-state index contributed by atoms with van der Waals surface area (Å²) in [5.41, 5.74) is 0.845. The molecule has 2 N–H and O–H groups in total. The Kier molecular flexibility index (Phi) is 8.17. The molecule has 0 aromatic heterocycles. The molecule has 2 aliphatic rings. The number of nitrogens with zero attached hydrogens (tertiary/aromatic N) is 2. The van der Waals surface area contributed by atoms with E-state index in [9.17, 15) is 19.8 Å². The van der Waals surface area contributed by atoms with Crippen molar-refractivity contribution in [1.29, 1.82) is 0 Å². The van der Waals surface area contributed by atoms with E-state index in [0.717, 1.165) is 13.1 Å². The molecule has 9 nitrogen and oxygen atoms in total. The highest BCUT2D eigenvalue weighted by Gasteiger charge is 2.46. The van der Waals surface area contributed by atoms with E-state index in [4.69, 9.17) is 14.2 Å². The third kappa shape index (κ3) is 5.21. The Morgan fingerprint density at radius 2 is 1.92 bits per heavy atom. The largest absolute Gasteiger partial charge is 0.507 e. The average Bonchev–Trinajstić information content (AvgIpc) is 3.14. The van der Waals surface area contributed by atoms with Crippen LogP contribution in [0.3, 0.4) is 0 Å². The molecule has 1 unspecified atom stereocenters. The smallest absolute Gasteiger partial charge is 0.295 e. The average molecular weight is 561 g/mol. The lowest BCUT2D eigenvalue weighted by Crippen LogP contribution is -2.42. The third-order valence-corrected chi connectivity index (χ3v) is 6.91. The summed E-state index contributed by atoms with van der Waals surface area (Å²) >= 11 is 3.33. The number of aliphatic hydroxyl groups is 1. The molecule has 10 heteroatoms. The van der Waals surface area contributed by atoms with Gasteiger partial charge in [0.15, 0.2) is 11.5 Å². The van der Waals surface area contributed by atoms with E-state index in [0.29, 0.717) is 47.7 Å². The summed E-state index contributed by atoms with van der Waals surface area (Å²) in [5.74, 6) is -1.15. The number of ketones is 1. The van der Waals surface area contributed by atoms with Crippen LogP contribution < -0.4 is 9.47 Å². The van der Waals surface area contributed by atoms with Gasteiger partial charge in [-0.15, -0.1) is 0 Å². The zero-order chi connectivity index (χ0) is 25.8. The predicted octanol–water partition coefficient (Wildman–Crippen LogP) is 3.32. The Hall–Kier alpha value is -3.08. The van der Waals surface area contributed by atoms with Crippen LogP contribution in [-0.2, 0) is 14.3 Å². The maximum Gasteiger partial charge on any atom is 0.295 e. The van der Waals surface area contributed by atoms with Gasteiger partial charge in [-0.3, -0.25) is 14.5 Å². The number of likely N-dealkylation sites (tertiary alicyclic amines) is 1. The molecule has 192 valence electrons. The van der Waals surface area contributed by atoms with Crippen LogP contribution in [0.2, 0.25) is 0 Å². The number of ether oxygens (including phenoxy) is 3. The highest BCUT2D eigenvalue weighted by Crippen LogP contribution is 2.44. The van der Waals surface area contributed by atoms with E-state index in [2.05, 4.69) is 20.8 Å². The maximum atomic E-state index is 13.3. The number of carbonyl (C=O) groups excluding carboxylic acids is 2. The summed E-state index contributed by atoms with van der Waals surface area (Å²) in [6.45, 7) is 5.80. The van der Waals surface area contributed by atoms with Gasteiger partial charge in [0, 0.05) is 31.7 Å². The highest BCUT2D eigenvalue weighted by molar-refractivity contribution is 9.10. The number of aromatic hydroxyl groups is 1. The lowest BCUT2D eigenvalue weighted by molar-refractivity contribution is -0.140. The van der Waals surface area contributed by atoms with Crippen LogP contribution in [0.4, 0.5) is 0 Å². The summed E-state index contributed by atoms with van der Waals surface area (Å²) in [7, 11) is 1.42. The van der Waals surface area contributed by atoms with E-state index >= 15 is 0 Å². The molecular weight excluding hydrogens is 532 g/mol. The Bertz CT molecular complexity index is 1180. The molecule has 0 bridgehead atoms. The molecule has 36 heavy (non-hydrogen) atoms. The molecule has 4 rings (SSSR count). The zero-order valence-corrected chi connectivity index (χ0v) is 21.8. The molecule has 2 aromatic rings. The molecule has 0 saturated carbocycles. The van der Waals surface area contributed by atoms with Crippen molar-refractivity contribution in [2.75, 3.05) is 53.1 Å². The molecule has 0 aliphatic carbocycles. The predicted molar refractivity (Wildman–Crippen MR) is 136 cm³/mol. The molecule has 0 radical (unpaired) electrons. The lowest BCUT2D eigenvalue weighted by atomic mass is 9.95. The van der Waals surface area contributed by atoms with Crippen molar-refractivity contribution >= 4 is 33.4 Å². The van der Waals surface area contributed by atoms with Crippen LogP contribution in [0.25, 0.3) is 5.76 Å². The minimum Gasteiger partial charge on any atom is -0.507 e. The number of aliphatic hydroxyl groups excluding tert-OH is 1. The van der Waals surface area contributed by atoms with Crippen molar-refractivity contribution in [2.24, 2.45) is 0 Å². The van der Waals surface area contributed by atoms with Crippen LogP contribution in [0, 0.1) is 0 Å². The number of phenolic OH excluding ortho intramolecular Hbond substituents is 1. The molecule has 1 amide bonds. The van der Waals surface area contributed by atoms with Crippen molar-refractivity contribution in [3.8, 4) is 17.2 Å². The molecule has 2 heterocycles. The first-order valence-electron chi connectivity index (χ1n) is 11.7. The van der Waals surface area contributed by atoms with Crippen molar-refractivity contribution in [2.45, 2.75) is 13.0 Å². The van der Waals surface area contributed by atoms with Crippen molar-refractivity contribution in [3.63, 3.8) is 0 Å². The van der Waals surface area contributed by atoms with Gasteiger partial charge < -0.3 is 29.3 Å². The number of halogens is 1. The summed E-state index contributed by atoms with van der Waals surface area (Å²) in [6.07, 6.45) is 0. The van der Waals surface area contributed by atoms with Crippen LogP contribution in [-0.4, -0.2) is 84.8 Å². The quantitative estimate of drug-likeness (QED) is 0.287. The van der Waals surface area contributed by atoms with Crippen molar-refractivity contribution in [3.05, 3.63) is 57.6 Å². The topological polar surface area (TPSA) is 109 Å². The van der Waals surface area contributed by atoms with Crippen molar-refractivity contribution in [1.82, 2.24) is 9.80 Å². The van der Waals surface area contributed by atoms with Gasteiger partial charge in [0.2, 0.25) is 0 Å². The maximum absolute atomic E-state index is 13.3. The van der Waals surface area contributed by atoms with Crippen LogP contribution in [0.5, 0.6) is 17.2 Å². The number of hydrogen-bond donors (Lipinski definition) is 2. The van der Waals surface area contributed by atoms with Gasteiger partial charge in [-0.2, -0.15) is 0 Å². The highest BCUT2D eigenvalue weighted by atomic mass is 79.9. The fraction of sp³-hybridized carbons (Fsp3) is 0.385. The monoisotopic (exact) mass is 560 g/mol. The zero-order valence-electron chi connectivity index (χ0n) is 20.2. The second kappa shape index (κ2) is 11.3. The van der Waals surface area contributed by atoms with Gasteiger partial charge in [-0.05, 0) is 52.7 Å². The Balaban J connectivity index is 1.80. The normalized spacial score (nSPS) is 20.1. The van der Waals surface area contributed by atoms with Gasteiger partial charge in [0.05, 0.1) is 43.0 Å². The summed E-state index contributed by atoms with van der Waals surface area (Å²) in [4.78, 5) is 30.2. The number of phenols is 1. The number of Topliss-reactive ketones (excluding diaryl/α,β-unsaturated/α-hetero) is 1. The Labute approximate surface area is 218 Å². The number of hydrogen-bond acceptors (Lipinski definition) is 8. The summed E-state index contributed by atoms with van der Waals surface area (Å²) in [6, 6.07) is 9.06. The molecule has 0 spiro atoms. The molecule has 2 fully saturated rings. The van der Waals surface area contributed by atoms with E-state index in [1.807, 2.05) is 6.92 Å². The molecule has 2 saturated heterocycles. The number of rotatable bonds is 8. The summed E-state index contributed by atoms with van der Waals surface area (Å²) < 4.78 is 16.6. The second-order valence-corrected chi connectivity index (χ2v) is 9.32. The fourth-order valence-electron chi connectivity index (χ4n) is 4.49. The summed E-state index contributed by atoms with van der Waals surface area (Å²) in [5, 5.41) is 21.7. The van der Waals surface area contributed by atoms with E-state index in [1.165, 1.54) is 12.0 Å². The van der Waals surface area contributed by atoms with E-state index < -0.39 is 17.7 Å². The minimum absolute atomic E-state index is 0.0322. The van der Waals surface area contributed by atoms with Crippen molar-refractivity contribution < 1.29 is 34.0 Å². The van der Waals surface area contributed by atoms with Gasteiger partial charge >= 0.3 is 0 Å². The first-order valence-corrected chi connectivity index (χ1v) is 12.5. The second-order valence-electron chi connectivity index (χ2n) is 8.46. The van der Waals surface area contributed by atoms with Crippen LogP contribution in [0.1, 0.15) is 24.1 Å². The van der Waals surface area contributed by atoms with Gasteiger partial charge in [0.25, 0.3) is 11.7 Å². The third-order valence-electron chi connectivity index (χ3n) is 6.31. The minimum atomic E-state index is -0.882. The lowest BCUT2D eigenvalue weighted by Gasteiger charge is -2.31. The van der Waals surface area contributed by atoms with Crippen LogP contribution in [0.15, 0.2) is 46.4 Å². The Morgan fingerprint density at radius 3 is 2.61 bits per heavy atom. The molecule has 1 atom stereocenters. The van der Waals surface area contributed by atoms with Crippen LogP contribution >= 0.6 is 15.9 Å². The standard InChI is InChI=1S/C26H29BrN2O7/c1-3-36-18-6-4-5-16(13-18)23(30)21-22(17-14-19(27)24(31)20(15-17)34-2)29(26(33)25(21)32)8-7-28-9-11-35-12-10-28/h4-6,13-15,22,30-31H,3,7-12H2,1-2H3/b23-21+. The first-order chi connectivity index (χ1) is 17.3. The van der Waals surface area contributed by atoms with E-state index in [-0.39, 0.29) is 29.4 Å². The SMILES string of the molecule is CCOc1cccc(/C(O)=C2\C(=O)C(=O)N(CCN3CCOCC3)C2c2cc(Br)c(O)c(OC)c2)c1. The number of carbonyl (C=O) groups is 2. The van der Waals surface area contributed by atoms with Gasteiger partial charge in [-0.1, -0.05) is 12.1 Å². The molecule has 2 aromatic carbocycles. The van der Waals surface area contributed by atoms with E-state index in [1.54, 1.807) is 36.4 Å². The molecular formula is C26H29BrN2O7. The number of amides is 1. The van der Waals surface area contributed by atoms with Gasteiger partial charge in [0.1, 0.15) is 11.5 Å². The number of morpholine rings is 1. The number of methoxy groups -OCH3 is 1. The first kappa shape index (κ1) is 26.0. The van der Waals surface area contributed by atoms with Gasteiger partial charge in [-0.25, -0.2) is 0 Å². The molecule has 2 aliphatic heterocycles. The fourth-order valence-corrected chi connectivity index (χ4v) is 4.95. The number of benzene rings is 2. The Morgan fingerprint density at radius 1 is 1.17 bits per heavy atom.